The first-order valence-electron chi connectivity index (χ1n) is 6.24. The summed E-state index contributed by atoms with van der Waals surface area (Å²) in [5, 5.41) is 0. The zero-order valence-electron chi connectivity index (χ0n) is 11.8. The minimum Gasteiger partial charge on any atom is -0.493 e. The summed E-state index contributed by atoms with van der Waals surface area (Å²) in [5.41, 5.74) is 2.13. The van der Waals surface area contributed by atoms with Gasteiger partial charge in [-0.3, -0.25) is 0 Å². The molecule has 0 aliphatic carbocycles. The maximum Gasteiger partial charge on any atom is 0.161 e. The molecule has 3 nitrogen and oxygen atoms in total. The van der Waals surface area contributed by atoms with E-state index in [0.29, 0.717) is 12.4 Å². The molecule has 106 valence electrons. The summed E-state index contributed by atoms with van der Waals surface area (Å²) in [6.45, 7) is 2.51. The van der Waals surface area contributed by atoms with Crippen molar-refractivity contribution < 1.29 is 14.2 Å². The molecule has 0 amide bonds. The molecule has 0 heterocycles. The second-order valence-electron chi connectivity index (χ2n) is 4.39. The Bertz CT molecular complexity index is 596. The van der Waals surface area contributed by atoms with Crippen molar-refractivity contribution in [3.63, 3.8) is 0 Å². The fourth-order valence-electron chi connectivity index (χ4n) is 1.86. The van der Waals surface area contributed by atoms with Gasteiger partial charge >= 0.3 is 0 Å². The van der Waals surface area contributed by atoms with Gasteiger partial charge in [0.2, 0.25) is 0 Å². The average molecular weight is 337 g/mol. The highest BCUT2D eigenvalue weighted by molar-refractivity contribution is 9.10. The van der Waals surface area contributed by atoms with Gasteiger partial charge in [-0.25, -0.2) is 0 Å². The first-order valence-corrected chi connectivity index (χ1v) is 7.03. The number of hydrogen-bond acceptors (Lipinski definition) is 3. The largest absolute Gasteiger partial charge is 0.493 e. The van der Waals surface area contributed by atoms with Crippen LogP contribution >= 0.6 is 15.9 Å². The van der Waals surface area contributed by atoms with Crippen LogP contribution in [0.1, 0.15) is 11.1 Å². The summed E-state index contributed by atoms with van der Waals surface area (Å²) in [5.74, 6) is 2.30. The lowest BCUT2D eigenvalue weighted by Crippen LogP contribution is -1.98. The van der Waals surface area contributed by atoms with Gasteiger partial charge in [0.05, 0.1) is 14.2 Å². The Hall–Kier alpha value is -1.68. The third-order valence-electron chi connectivity index (χ3n) is 2.99. The van der Waals surface area contributed by atoms with Gasteiger partial charge in [0, 0.05) is 4.47 Å². The molecule has 4 heteroatoms. The molecule has 2 aromatic carbocycles. The van der Waals surface area contributed by atoms with Crippen molar-refractivity contribution in [3.05, 3.63) is 52.0 Å². The molecule has 0 spiro atoms. The third kappa shape index (κ3) is 3.45. The van der Waals surface area contributed by atoms with Crippen molar-refractivity contribution in [2.45, 2.75) is 13.5 Å². The van der Waals surface area contributed by atoms with E-state index in [-0.39, 0.29) is 0 Å². The second kappa shape index (κ2) is 6.66. The maximum atomic E-state index is 5.85. The lowest BCUT2D eigenvalue weighted by atomic mass is 10.2. The number of ether oxygens (including phenoxy) is 3. The molecular weight excluding hydrogens is 320 g/mol. The van der Waals surface area contributed by atoms with Gasteiger partial charge in [0.15, 0.2) is 11.5 Å². The number of hydrogen-bond donors (Lipinski definition) is 0. The zero-order valence-corrected chi connectivity index (χ0v) is 13.4. The second-order valence-corrected chi connectivity index (χ2v) is 5.30. The van der Waals surface area contributed by atoms with E-state index < -0.39 is 0 Å². The number of rotatable bonds is 5. The van der Waals surface area contributed by atoms with Crippen LogP contribution < -0.4 is 14.2 Å². The fraction of sp³-hybridized carbons (Fsp3) is 0.250. The molecule has 0 atom stereocenters. The van der Waals surface area contributed by atoms with Crippen LogP contribution in [0.3, 0.4) is 0 Å². The molecule has 0 aliphatic rings. The van der Waals surface area contributed by atoms with Crippen LogP contribution in [0.25, 0.3) is 0 Å². The standard InChI is InChI=1S/C16H17BrO3/c1-11-4-6-13(17)9-15(11)20-10-12-5-7-14(18-2)16(8-12)19-3/h4-9H,10H2,1-3H3. The molecule has 0 N–H and O–H groups in total. The molecular formula is C16H17BrO3. The highest BCUT2D eigenvalue weighted by Crippen LogP contribution is 2.29. The SMILES string of the molecule is COc1ccc(COc2cc(Br)ccc2C)cc1OC. The lowest BCUT2D eigenvalue weighted by Gasteiger charge is -2.12. The van der Waals surface area contributed by atoms with Gasteiger partial charge < -0.3 is 14.2 Å². The minimum absolute atomic E-state index is 0.484. The number of aryl methyl sites for hydroxylation is 1. The summed E-state index contributed by atoms with van der Waals surface area (Å²) in [4.78, 5) is 0. The van der Waals surface area contributed by atoms with Crippen molar-refractivity contribution in [1.29, 1.82) is 0 Å². The third-order valence-corrected chi connectivity index (χ3v) is 3.49. The van der Waals surface area contributed by atoms with Crippen LogP contribution in [-0.2, 0) is 6.61 Å². The quantitative estimate of drug-likeness (QED) is 0.812. The summed E-state index contributed by atoms with van der Waals surface area (Å²) in [6.07, 6.45) is 0. The number of halogens is 1. The van der Waals surface area contributed by atoms with Crippen LogP contribution in [0.4, 0.5) is 0 Å². The molecule has 0 unspecified atom stereocenters. The topological polar surface area (TPSA) is 27.7 Å². The van der Waals surface area contributed by atoms with E-state index >= 15 is 0 Å². The van der Waals surface area contributed by atoms with Crippen LogP contribution in [-0.4, -0.2) is 14.2 Å². The predicted octanol–water partition coefficient (Wildman–Crippen LogP) is 4.35. The van der Waals surface area contributed by atoms with Crippen molar-refractivity contribution >= 4 is 15.9 Å². The lowest BCUT2D eigenvalue weighted by molar-refractivity contribution is 0.301. The molecule has 0 saturated carbocycles. The first-order chi connectivity index (χ1) is 9.63. The molecule has 0 saturated heterocycles. The molecule has 0 fully saturated rings. The highest BCUT2D eigenvalue weighted by atomic mass is 79.9. The van der Waals surface area contributed by atoms with Gasteiger partial charge in [0.25, 0.3) is 0 Å². The molecule has 2 rings (SSSR count). The average Bonchev–Trinajstić information content (AvgIpc) is 2.47. The smallest absolute Gasteiger partial charge is 0.161 e. The Morgan fingerprint density at radius 3 is 2.35 bits per heavy atom. The summed E-state index contributed by atoms with van der Waals surface area (Å²) < 4.78 is 17.4. The van der Waals surface area contributed by atoms with E-state index in [1.807, 2.05) is 43.3 Å². The monoisotopic (exact) mass is 336 g/mol. The van der Waals surface area contributed by atoms with Crippen molar-refractivity contribution in [2.75, 3.05) is 14.2 Å². The van der Waals surface area contributed by atoms with Crippen molar-refractivity contribution in [1.82, 2.24) is 0 Å². The van der Waals surface area contributed by atoms with Crippen LogP contribution in [0.15, 0.2) is 40.9 Å². The van der Waals surface area contributed by atoms with Crippen molar-refractivity contribution in [2.24, 2.45) is 0 Å². The Kier molecular flexibility index (Phi) is 4.90. The van der Waals surface area contributed by atoms with E-state index in [0.717, 1.165) is 27.1 Å². The summed E-state index contributed by atoms with van der Waals surface area (Å²) >= 11 is 3.45. The first kappa shape index (κ1) is 14.7. The van der Waals surface area contributed by atoms with Gasteiger partial charge in [-0.05, 0) is 42.3 Å². The Morgan fingerprint density at radius 1 is 0.900 bits per heavy atom. The van der Waals surface area contributed by atoms with E-state index in [9.17, 15) is 0 Å². The summed E-state index contributed by atoms with van der Waals surface area (Å²) in [6, 6.07) is 11.8. The fourth-order valence-corrected chi connectivity index (χ4v) is 2.20. The highest BCUT2D eigenvalue weighted by Gasteiger charge is 2.06. The molecule has 0 bridgehead atoms. The Labute approximate surface area is 127 Å². The Morgan fingerprint density at radius 2 is 1.65 bits per heavy atom. The van der Waals surface area contributed by atoms with Gasteiger partial charge in [-0.1, -0.05) is 28.1 Å². The van der Waals surface area contributed by atoms with Gasteiger partial charge in [-0.2, -0.15) is 0 Å². The van der Waals surface area contributed by atoms with E-state index in [1.165, 1.54) is 0 Å². The van der Waals surface area contributed by atoms with E-state index in [4.69, 9.17) is 14.2 Å². The van der Waals surface area contributed by atoms with Crippen LogP contribution in [0.2, 0.25) is 0 Å². The number of methoxy groups -OCH3 is 2. The van der Waals surface area contributed by atoms with Gasteiger partial charge in [-0.15, -0.1) is 0 Å². The molecule has 0 aliphatic heterocycles. The molecule has 0 aromatic heterocycles. The summed E-state index contributed by atoms with van der Waals surface area (Å²) in [7, 11) is 3.25. The zero-order chi connectivity index (χ0) is 14.5. The minimum atomic E-state index is 0.484. The molecule has 0 radical (unpaired) electrons. The number of benzene rings is 2. The molecule has 2 aromatic rings. The van der Waals surface area contributed by atoms with E-state index in [2.05, 4.69) is 15.9 Å². The maximum absolute atomic E-state index is 5.85. The van der Waals surface area contributed by atoms with E-state index in [1.54, 1.807) is 14.2 Å². The molecule has 20 heavy (non-hydrogen) atoms. The van der Waals surface area contributed by atoms with Crippen molar-refractivity contribution in [3.8, 4) is 17.2 Å². The normalized spacial score (nSPS) is 10.2. The van der Waals surface area contributed by atoms with Crippen LogP contribution in [0, 0.1) is 6.92 Å². The Balaban J connectivity index is 2.12. The predicted molar refractivity (Wildman–Crippen MR) is 82.8 cm³/mol. The van der Waals surface area contributed by atoms with Crippen LogP contribution in [0.5, 0.6) is 17.2 Å². The van der Waals surface area contributed by atoms with Gasteiger partial charge in [0.1, 0.15) is 12.4 Å².